The number of carbonyl (C=O) groups excluding carboxylic acids is 1. The first-order valence-corrected chi connectivity index (χ1v) is 4.09. The van der Waals surface area contributed by atoms with Crippen LogP contribution in [0.2, 0.25) is 0 Å². The fourth-order valence-corrected chi connectivity index (χ4v) is 0.908. The molecule has 1 rings (SSSR count). The van der Waals surface area contributed by atoms with Crippen LogP contribution >= 0.6 is 0 Å². The van der Waals surface area contributed by atoms with Gasteiger partial charge in [0.05, 0.1) is 11.3 Å². The van der Waals surface area contributed by atoms with Crippen LogP contribution in [0.15, 0.2) is 12.3 Å². The van der Waals surface area contributed by atoms with E-state index in [1.54, 1.807) is 6.92 Å². The van der Waals surface area contributed by atoms with Crippen molar-refractivity contribution in [3.05, 3.63) is 23.5 Å². The Balaban J connectivity index is 2.90. The molecule has 0 spiro atoms. The first-order chi connectivity index (χ1) is 6.15. The highest BCUT2D eigenvalue weighted by atomic mass is 16.3. The Bertz CT molecular complexity index is 323. The number of rotatable bonds is 2. The molecule has 0 fully saturated rings. The van der Waals surface area contributed by atoms with Gasteiger partial charge < -0.3 is 10.4 Å². The lowest BCUT2D eigenvalue weighted by Gasteiger charge is -2.03. The largest absolute Gasteiger partial charge is 0.506 e. The van der Waals surface area contributed by atoms with E-state index < -0.39 is 0 Å². The fraction of sp³-hybridized carbons (Fsp3) is 0.333. The molecule has 1 heterocycles. The first kappa shape index (κ1) is 9.51. The summed E-state index contributed by atoms with van der Waals surface area (Å²) in [6, 6.07) is 1.41. The zero-order chi connectivity index (χ0) is 9.84. The third kappa shape index (κ3) is 2.18. The molecular formula is C9H12N2O2. The molecule has 4 heteroatoms. The van der Waals surface area contributed by atoms with E-state index in [9.17, 15) is 9.90 Å². The van der Waals surface area contributed by atoms with Gasteiger partial charge in [0.25, 0.3) is 5.91 Å². The predicted molar refractivity (Wildman–Crippen MR) is 48.6 cm³/mol. The zero-order valence-corrected chi connectivity index (χ0v) is 7.66. The van der Waals surface area contributed by atoms with Gasteiger partial charge in [-0.1, -0.05) is 0 Å². The number of hydrogen-bond acceptors (Lipinski definition) is 3. The normalized spacial score (nSPS) is 9.69. The Hall–Kier alpha value is -1.58. The molecule has 13 heavy (non-hydrogen) atoms. The van der Waals surface area contributed by atoms with Gasteiger partial charge in [0.15, 0.2) is 0 Å². The van der Waals surface area contributed by atoms with Gasteiger partial charge in [-0.15, -0.1) is 0 Å². The number of aromatic hydroxyl groups is 1. The van der Waals surface area contributed by atoms with Gasteiger partial charge in [-0.3, -0.25) is 9.78 Å². The van der Waals surface area contributed by atoms with Crippen LogP contribution in [0.1, 0.15) is 23.0 Å². The molecule has 0 unspecified atom stereocenters. The molecule has 0 bridgehead atoms. The lowest BCUT2D eigenvalue weighted by Crippen LogP contribution is -2.22. The summed E-state index contributed by atoms with van der Waals surface area (Å²) in [6.07, 6.45) is 1.44. The van der Waals surface area contributed by atoms with Crippen molar-refractivity contribution >= 4 is 5.91 Å². The summed E-state index contributed by atoms with van der Waals surface area (Å²) in [7, 11) is 0. The third-order valence-electron chi connectivity index (χ3n) is 1.66. The lowest BCUT2D eigenvalue weighted by molar-refractivity contribution is 0.0955. The van der Waals surface area contributed by atoms with Crippen LogP contribution in [0, 0.1) is 6.92 Å². The number of pyridine rings is 1. The molecule has 0 saturated carbocycles. The highest BCUT2D eigenvalue weighted by Crippen LogP contribution is 2.14. The summed E-state index contributed by atoms with van der Waals surface area (Å²) in [5.74, 6) is -0.172. The second-order valence-corrected chi connectivity index (χ2v) is 2.69. The van der Waals surface area contributed by atoms with Gasteiger partial charge >= 0.3 is 0 Å². The molecule has 1 amide bonds. The number of aryl methyl sites for hydroxylation is 1. The minimum atomic E-state index is -0.217. The zero-order valence-electron chi connectivity index (χ0n) is 7.66. The Labute approximate surface area is 76.6 Å². The van der Waals surface area contributed by atoms with Crippen LogP contribution in [-0.4, -0.2) is 22.5 Å². The highest BCUT2D eigenvalue weighted by Gasteiger charge is 2.06. The molecule has 2 N–H and O–H groups in total. The van der Waals surface area contributed by atoms with Crippen molar-refractivity contribution in [2.75, 3.05) is 6.54 Å². The van der Waals surface area contributed by atoms with Gasteiger partial charge in [-0.05, 0) is 19.9 Å². The number of nitrogens with zero attached hydrogens (tertiary/aromatic N) is 1. The summed E-state index contributed by atoms with van der Waals surface area (Å²) in [6.45, 7) is 4.07. The molecule has 0 aliphatic heterocycles. The molecular weight excluding hydrogens is 168 g/mol. The third-order valence-corrected chi connectivity index (χ3v) is 1.66. The molecule has 0 radical (unpaired) electrons. The molecule has 0 saturated heterocycles. The first-order valence-electron chi connectivity index (χ1n) is 4.09. The Morgan fingerprint density at radius 2 is 2.38 bits per heavy atom. The van der Waals surface area contributed by atoms with E-state index >= 15 is 0 Å². The van der Waals surface area contributed by atoms with E-state index in [0.717, 1.165) is 0 Å². The summed E-state index contributed by atoms with van der Waals surface area (Å²) < 4.78 is 0. The molecule has 1 aromatic rings. The molecule has 0 aromatic carbocycles. The molecule has 0 aliphatic rings. The highest BCUT2D eigenvalue weighted by molar-refractivity contribution is 5.94. The van der Waals surface area contributed by atoms with E-state index in [0.29, 0.717) is 17.8 Å². The van der Waals surface area contributed by atoms with Crippen molar-refractivity contribution in [1.82, 2.24) is 10.3 Å². The van der Waals surface area contributed by atoms with E-state index in [2.05, 4.69) is 10.3 Å². The molecule has 70 valence electrons. The Morgan fingerprint density at radius 3 is 2.92 bits per heavy atom. The van der Waals surface area contributed by atoms with Crippen molar-refractivity contribution in [1.29, 1.82) is 0 Å². The number of aromatic nitrogens is 1. The number of nitrogens with one attached hydrogen (secondary N) is 1. The van der Waals surface area contributed by atoms with E-state index in [1.165, 1.54) is 12.3 Å². The maximum absolute atomic E-state index is 11.2. The van der Waals surface area contributed by atoms with Gasteiger partial charge in [0, 0.05) is 12.7 Å². The quantitative estimate of drug-likeness (QED) is 0.709. The Kier molecular flexibility index (Phi) is 2.84. The second kappa shape index (κ2) is 3.89. The standard InChI is InChI=1S/C9H12N2O2/c1-3-10-9(13)7-4-8(12)6(2)11-5-7/h4-5,12H,3H2,1-2H3,(H,10,13). The number of hydrogen-bond donors (Lipinski definition) is 2. The van der Waals surface area contributed by atoms with Gasteiger partial charge in [-0.25, -0.2) is 0 Å². The van der Waals surface area contributed by atoms with E-state index in [1.807, 2.05) is 6.92 Å². The minimum absolute atomic E-state index is 0.0451. The summed E-state index contributed by atoms with van der Waals surface area (Å²) in [5.41, 5.74) is 0.901. The van der Waals surface area contributed by atoms with Crippen LogP contribution in [0.25, 0.3) is 0 Å². The van der Waals surface area contributed by atoms with Crippen LogP contribution in [0.4, 0.5) is 0 Å². The second-order valence-electron chi connectivity index (χ2n) is 2.69. The van der Waals surface area contributed by atoms with Crippen LogP contribution in [0.3, 0.4) is 0 Å². The van der Waals surface area contributed by atoms with Crippen molar-refractivity contribution in [2.45, 2.75) is 13.8 Å². The van der Waals surface area contributed by atoms with Crippen molar-refractivity contribution < 1.29 is 9.90 Å². The van der Waals surface area contributed by atoms with Crippen molar-refractivity contribution in [3.63, 3.8) is 0 Å². The van der Waals surface area contributed by atoms with Gasteiger partial charge in [0.1, 0.15) is 5.75 Å². The Morgan fingerprint density at radius 1 is 1.69 bits per heavy atom. The van der Waals surface area contributed by atoms with Gasteiger partial charge in [0.2, 0.25) is 0 Å². The molecule has 0 atom stereocenters. The van der Waals surface area contributed by atoms with Crippen LogP contribution in [0.5, 0.6) is 5.75 Å². The summed E-state index contributed by atoms with van der Waals surface area (Å²) in [5, 5.41) is 11.9. The number of carbonyl (C=O) groups is 1. The maximum atomic E-state index is 11.2. The average molecular weight is 180 g/mol. The fourth-order valence-electron chi connectivity index (χ4n) is 0.908. The maximum Gasteiger partial charge on any atom is 0.252 e. The summed E-state index contributed by atoms with van der Waals surface area (Å²) >= 11 is 0. The van der Waals surface area contributed by atoms with E-state index in [4.69, 9.17) is 0 Å². The topological polar surface area (TPSA) is 62.2 Å². The SMILES string of the molecule is CCNC(=O)c1cnc(C)c(O)c1. The van der Waals surface area contributed by atoms with Crippen molar-refractivity contribution in [3.8, 4) is 5.75 Å². The van der Waals surface area contributed by atoms with Crippen LogP contribution < -0.4 is 5.32 Å². The molecule has 4 nitrogen and oxygen atoms in total. The number of amides is 1. The van der Waals surface area contributed by atoms with Gasteiger partial charge in [-0.2, -0.15) is 0 Å². The smallest absolute Gasteiger partial charge is 0.252 e. The predicted octanol–water partition coefficient (Wildman–Crippen LogP) is 0.845. The molecule has 0 aliphatic carbocycles. The van der Waals surface area contributed by atoms with E-state index in [-0.39, 0.29) is 11.7 Å². The van der Waals surface area contributed by atoms with Crippen molar-refractivity contribution in [2.24, 2.45) is 0 Å². The minimum Gasteiger partial charge on any atom is -0.506 e. The van der Waals surface area contributed by atoms with Crippen LogP contribution in [-0.2, 0) is 0 Å². The average Bonchev–Trinajstić information content (AvgIpc) is 2.10. The summed E-state index contributed by atoms with van der Waals surface area (Å²) in [4.78, 5) is 15.1. The monoisotopic (exact) mass is 180 g/mol. The molecule has 1 aromatic heterocycles. The lowest BCUT2D eigenvalue weighted by atomic mass is 10.2.